The number of amides is 1. The maximum atomic E-state index is 13.3. The van der Waals surface area contributed by atoms with Gasteiger partial charge in [0.2, 0.25) is 0 Å². The van der Waals surface area contributed by atoms with Crippen LogP contribution in [0, 0.1) is 0 Å². The molecule has 0 radical (unpaired) electrons. The molecule has 0 aliphatic carbocycles. The smallest absolute Gasteiger partial charge is 0.257 e. The summed E-state index contributed by atoms with van der Waals surface area (Å²) in [5.74, 6) is 0.723. The van der Waals surface area contributed by atoms with E-state index in [-0.39, 0.29) is 11.8 Å². The molecule has 1 amide bonds. The van der Waals surface area contributed by atoms with E-state index in [9.17, 15) is 4.79 Å². The molecule has 0 atom stereocenters. The molecule has 7 heteroatoms. The summed E-state index contributed by atoms with van der Waals surface area (Å²) in [4.78, 5) is 20.4. The van der Waals surface area contributed by atoms with E-state index in [0.717, 1.165) is 10.6 Å². The van der Waals surface area contributed by atoms with Crippen LogP contribution in [0.25, 0.3) is 5.82 Å². The topological polar surface area (TPSA) is 51.0 Å². The molecule has 3 aromatic rings. The number of aromatic nitrogens is 3. The second-order valence-corrected chi connectivity index (χ2v) is 8.18. The lowest BCUT2D eigenvalue weighted by Gasteiger charge is -2.21. The predicted octanol–water partition coefficient (Wildman–Crippen LogP) is 4.93. The Balaban J connectivity index is 1.96. The van der Waals surface area contributed by atoms with Crippen LogP contribution in [0.3, 0.4) is 0 Å². The van der Waals surface area contributed by atoms with Gasteiger partial charge in [0.15, 0.2) is 5.82 Å². The average Bonchev–Trinajstić information content (AvgIpc) is 3.28. The number of halogens is 1. The summed E-state index contributed by atoms with van der Waals surface area (Å²) in [6.07, 6.45) is 5.07. The van der Waals surface area contributed by atoms with Gasteiger partial charge in [-0.3, -0.25) is 4.79 Å². The van der Waals surface area contributed by atoms with Crippen molar-refractivity contribution in [2.45, 2.75) is 26.3 Å². The lowest BCUT2D eigenvalue weighted by Crippen LogP contribution is -2.31. The molecule has 0 unspecified atom stereocenters. The summed E-state index contributed by atoms with van der Waals surface area (Å²) >= 11 is 7.50. The maximum Gasteiger partial charge on any atom is 0.257 e. The molecule has 3 heterocycles. The van der Waals surface area contributed by atoms with Crippen molar-refractivity contribution >= 4 is 28.8 Å². The summed E-state index contributed by atoms with van der Waals surface area (Å²) in [5, 5.41) is 4.44. The van der Waals surface area contributed by atoms with Crippen molar-refractivity contribution in [2.75, 3.05) is 6.54 Å². The SMILES string of the molecule is C=CCN(Cc1ccc(Cl)s1)C(=O)c1cnn(-c2ccccn2)c1C(C)C. The van der Waals surface area contributed by atoms with E-state index in [4.69, 9.17) is 11.6 Å². The number of thiophene rings is 1. The molecular formula is C20H21ClN4OS. The Bertz CT molecular complexity index is 933. The van der Waals surface area contributed by atoms with E-state index in [0.29, 0.717) is 28.8 Å². The van der Waals surface area contributed by atoms with Gasteiger partial charge in [0.1, 0.15) is 0 Å². The Morgan fingerprint density at radius 1 is 1.37 bits per heavy atom. The number of hydrogen-bond donors (Lipinski definition) is 0. The van der Waals surface area contributed by atoms with E-state index in [1.807, 2.05) is 44.2 Å². The second kappa shape index (κ2) is 8.50. The molecule has 140 valence electrons. The van der Waals surface area contributed by atoms with Crippen LogP contribution in [-0.2, 0) is 6.54 Å². The van der Waals surface area contributed by atoms with Gasteiger partial charge < -0.3 is 4.90 Å². The molecule has 27 heavy (non-hydrogen) atoms. The zero-order chi connectivity index (χ0) is 19.4. The highest BCUT2D eigenvalue weighted by Gasteiger charge is 2.25. The Labute approximate surface area is 167 Å². The van der Waals surface area contributed by atoms with Crippen LogP contribution in [0.4, 0.5) is 0 Å². The van der Waals surface area contributed by atoms with Crippen LogP contribution in [-0.4, -0.2) is 32.1 Å². The zero-order valence-corrected chi connectivity index (χ0v) is 16.9. The standard InChI is InChI=1S/C20H21ClN4OS/c1-4-11-24(13-15-8-9-17(21)27-15)20(26)16-12-23-25(19(16)14(2)3)18-7-5-6-10-22-18/h4-10,12,14H,1,11,13H2,2-3H3. The third-order valence-electron chi connectivity index (χ3n) is 4.06. The average molecular weight is 401 g/mol. The summed E-state index contributed by atoms with van der Waals surface area (Å²) in [5.41, 5.74) is 1.43. The van der Waals surface area contributed by atoms with Crippen LogP contribution >= 0.6 is 22.9 Å². The van der Waals surface area contributed by atoms with E-state index in [2.05, 4.69) is 16.7 Å². The Morgan fingerprint density at radius 3 is 2.78 bits per heavy atom. The first-order valence-corrected chi connectivity index (χ1v) is 9.84. The molecule has 0 bridgehead atoms. The quantitative estimate of drug-likeness (QED) is 0.528. The minimum Gasteiger partial charge on any atom is -0.330 e. The highest BCUT2D eigenvalue weighted by Crippen LogP contribution is 2.26. The summed E-state index contributed by atoms with van der Waals surface area (Å²) < 4.78 is 2.45. The molecule has 0 saturated heterocycles. The molecule has 0 fully saturated rings. The van der Waals surface area contributed by atoms with Gasteiger partial charge in [0.25, 0.3) is 5.91 Å². The van der Waals surface area contributed by atoms with Crippen molar-refractivity contribution in [1.29, 1.82) is 0 Å². The normalized spacial score (nSPS) is 11.0. The number of hydrogen-bond acceptors (Lipinski definition) is 4. The second-order valence-electron chi connectivity index (χ2n) is 6.38. The van der Waals surface area contributed by atoms with Crippen molar-refractivity contribution in [2.24, 2.45) is 0 Å². The molecule has 0 aliphatic rings. The fourth-order valence-electron chi connectivity index (χ4n) is 2.91. The van der Waals surface area contributed by atoms with Gasteiger partial charge in [-0.05, 0) is 30.2 Å². The number of carbonyl (C=O) groups excluding carboxylic acids is 1. The fourth-order valence-corrected chi connectivity index (χ4v) is 4.01. The number of carbonyl (C=O) groups is 1. The Hall–Kier alpha value is -2.44. The van der Waals surface area contributed by atoms with E-state index >= 15 is 0 Å². The first kappa shape index (κ1) is 19.3. The van der Waals surface area contributed by atoms with E-state index in [1.165, 1.54) is 11.3 Å². The Morgan fingerprint density at radius 2 is 2.19 bits per heavy atom. The van der Waals surface area contributed by atoms with E-state index in [1.54, 1.807) is 28.1 Å². The Kier molecular flexibility index (Phi) is 6.08. The number of rotatable bonds is 7. The van der Waals surface area contributed by atoms with Gasteiger partial charge in [-0.1, -0.05) is 37.6 Å². The van der Waals surface area contributed by atoms with Gasteiger partial charge in [-0.15, -0.1) is 17.9 Å². The minimum atomic E-state index is -0.0784. The van der Waals surface area contributed by atoms with Crippen LogP contribution in [0.15, 0.2) is 55.4 Å². The largest absolute Gasteiger partial charge is 0.330 e. The van der Waals surface area contributed by atoms with Crippen LogP contribution in [0.5, 0.6) is 0 Å². The molecule has 5 nitrogen and oxygen atoms in total. The van der Waals surface area contributed by atoms with Crippen molar-refractivity contribution in [1.82, 2.24) is 19.7 Å². The number of nitrogens with zero attached hydrogens (tertiary/aromatic N) is 4. The monoisotopic (exact) mass is 400 g/mol. The highest BCUT2D eigenvalue weighted by atomic mass is 35.5. The molecule has 0 saturated carbocycles. The van der Waals surface area contributed by atoms with Crippen LogP contribution in [0.2, 0.25) is 4.34 Å². The van der Waals surface area contributed by atoms with E-state index < -0.39 is 0 Å². The predicted molar refractivity (Wildman–Crippen MR) is 110 cm³/mol. The fraction of sp³-hybridized carbons (Fsp3) is 0.250. The zero-order valence-electron chi connectivity index (χ0n) is 15.3. The third kappa shape index (κ3) is 4.28. The first-order chi connectivity index (χ1) is 13.0. The van der Waals surface area contributed by atoms with Gasteiger partial charge in [-0.25, -0.2) is 9.67 Å². The lowest BCUT2D eigenvalue weighted by atomic mass is 10.0. The van der Waals surface area contributed by atoms with Crippen molar-refractivity contribution in [3.63, 3.8) is 0 Å². The minimum absolute atomic E-state index is 0.0784. The van der Waals surface area contributed by atoms with Crippen LogP contribution in [0.1, 0.15) is 40.7 Å². The molecular weight excluding hydrogens is 380 g/mol. The van der Waals surface area contributed by atoms with Gasteiger partial charge in [0, 0.05) is 17.6 Å². The summed E-state index contributed by atoms with van der Waals surface area (Å²) in [6, 6.07) is 9.42. The van der Waals surface area contributed by atoms with Crippen LogP contribution < -0.4 is 0 Å². The van der Waals surface area contributed by atoms with Gasteiger partial charge >= 0.3 is 0 Å². The van der Waals surface area contributed by atoms with Gasteiger partial charge in [0.05, 0.1) is 28.3 Å². The molecule has 3 aromatic heterocycles. The molecule has 0 aromatic carbocycles. The maximum absolute atomic E-state index is 13.3. The van der Waals surface area contributed by atoms with Crippen molar-refractivity contribution in [3.8, 4) is 5.82 Å². The van der Waals surface area contributed by atoms with Crippen molar-refractivity contribution < 1.29 is 4.79 Å². The molecule has 3 rings (SSSR count). The third-order valence-corrected chi connectivity index (χ3v) is 5.28. The lowest BCUT2D eigenvalue weighted by molar-refractivity contribution is 0.0762. The van der Waals surface area contributed by atoms with Crippen molar-refractivity contribution in [3.05, 3.63) is 75.9 Å². The first-order valence-electron chi connectivity index (χ1n) is 8.65. The summed E-state index contributed by atoms with van der Waals surface area (Å²) in [6.45, 7) is 8.80. The summed E-state index contributed by atoms with van der Waals surface area (Å²) in [7, 11) is 0. The number of pyridine rings is 1. The highest BCUT2D eigenvalue weighted by molar-refractivity contribution is 7.16. The molecule has 0 N–H and O–H groups in total. The molecule has 0 aliphatic heterocycles. The molecule has 0 spiro atoms. The van der Waals surface area contributed by atoms with Gasteiger partial charge in [-0.2, -0.15) is 5.10 Å².